The van der Waals surface area contributed by atoms with Crippen molar-refractivity contribution in [3.63, 3.8) is 0 Å². The summed E-state index contributed by atoms with van der Waals surface area (Å²) in [4.78, 5) is 22.6. The first-order valence-corrected chi connectivity index (χ1v) is 8.52. The van der Waals surface area contributed by atoms with E-state index in [0.29, 0.717) is 30.3 Å². The lowest BCUT2D eigenvalue weighted by atomic mass is 10.1. The third kappa shape index (κ3) is 3.84. The number of aromatic nitrogens is 2. The van der Waals surface area contributed by atoms with Crippen LogP contribution in [0, 0.1) is 0 Å². The highest BCUT2D eigenvalue weighted by atomic mass is 79.9. The van der Waals surface area contributed by atoms with Crippen LogP contribution in [-0.4, -0.2) is 47.1 Å². The van der Waals surface area contributed by atoms with Crippen molar-refractivity contribution in [1.82, 2.24) is 14.9 Å². The van der Waals surface area contributed by atoms with Crippen LogP contribution in [0.2, 0.25) is 0 Å². The van der Waals surface area contributed by atoms with Gasteiger partial charge in [-0.2, -0.15) is 0 Å². The fraction of sp³-hybridized carbons (Fsp3) is 0.353. The molecule has 1 amide bonds. The number of benzene rings is 1. The van der Waals surface area contributed by atoms with Crippen LogP contribution in [0.3, 0.4) is 0 Å². The Bertz CT molecular complexity index is 711. The maximum atomic E-state index is 12.8. The Morgan fingerprint density at radius 2 is 2.25 bits per heavy atom. The molecule has 0 radical (unpaired) electrons. The highest BCUT2D eigenvalue weighted by Crippen LogP contribution is 2.25. The molecule has 0 aliphatic carbocycles. The number of hydrogen-bond acceptors (Lipinski definition) is 5. The van der Waals surface area contributed by atoms with Gasteiger partial charge in [-0.05, 0) is 47.0 Å². The predicted octanol–water partition coefficient (Wildman–Crippen LogP) is 2.93. The van der Waals surface area contributed by atoms with E-state index in [1.54, 1.807) is 25.4 Å². The van der Waals surface area contributed by atoms with Crippen LogP contribution in [0.5, 0.6) is 11.6 Å². The van der Waals surface area contributed by atoms with Crippen molar-refractivity contribution in [3.8, 4) is 11.6 Å². The maximum absolute atomic E-state index is 12.8. The van der Waals surface area contributed by atoms with E-state index in [-0.39, 0.29) is 12.0 Å². The molecule has 1 aromatic carbocycles. The Kier molecular flexibility index (Phi) is 5.30. The van der Waals surface area contributed by atoms with Gasteiger partial charge in [0.2, 0.25) is 5.88 Å². The van der Waals surface area contributed by atoms with Gasteiger partial charge in [-0.25, -0.2) is 9.97 Å². The summed E-state index contributed by atoms with van der Waals surface area (Å²) in [6, 6.07) is 7.11. The molecule has 24 heavy (non-hydrogen) atoms. The molecule has 0 unspecified atom stereocenters. The van der Waals surface area contributed by atoms with E-state index in [2.05, 4.69) is 25.9 Å². The lowest BCUT2D eigenvalue weighted by Crippen LogP contribution is -2.44. The molecule has 1 aliphatic rings. The molecule has 0 bridgehead atoms. The third-order valence-electron chi connectivity index (χ3n) is 3.91. The largest absolute Gasteiger partial charge is 0.497 e. The van der Waals surface area contributed by atoms with Crippen LogP contribution >= 0.6 is 15.9 Å². The van der Waals surface area contributed by atoms with Crippen molar-refractivity contribution >= 4 is 21.8 Å². The molecule has 0 spiro atoms. The first kappa shape index (κ1) is 16.7. The number of likely N-dealkylation sites (tertiary alicyclic amines) is 1. The Morgan fingerprint density at radius 1 is 1.38 bits per heavy atom. The van der Waals surface area contributed by atoms with Crippen molar-refractivity contribution in [2.45, 2.75) is 18.9 Å². The van der Waals surface area contributed by atoms with E-state index in [1.807, 2.05) is 17.0 Å². The fourth-order valence-electron chi connectivity index (χ4n) is 2.70. The topological polar surface area (TPSA) is 64.5 Å². The highest BCUT2D eigenvalue weighted by Gasteiger charge is 2.27. The predicted molar refractivity (Wildman–Crippen MR) is 92.3 cm³/mol. The first-order valence-electron chi connectivity index (χ1n) is 7.73. The van der Waals surface area contributed by atoms with Crippen molar-refractivity contribution in [2.75, 3.05) is 20.2 Å². The van der Waals surface area contributed by atoms with Crippen LogP contribution in [0.4, 0.5) is 0 Å². The van der Waals surface area contributed by atoms with E-state index in [0.717, 1.165) is 17.3 Å². The van der Waals surface area contributed by atoms with E-state index in [1.165, 1.54) is 6.33 Å². The van der Waals surface area contributed by atoms with Gasteiger partial charge in [0.05, 0.1) is 19.2 Å². The number of ether oxygens (including phenoxy) is 2. The molecule has 1 atom stereocenters. The zero-order chi connectivity index (χ0) is 16.9. The number of nitrogens with zero attached hydrogens (tertiary/aromatic N) is 3. The number of methoxy groups -OCH3 is 1. The van der Waals surface area contributed by atoms with Gasteiger partial charge in [0.15, 0.2) is 0 Å². The molecule has 1 aromatic heterocycles. The van der Waals surface area contributed by atoms with Crippen molar-refractivity contribution in [1.29, 1.82) is 0 Å². The Hall–Kier alpha value is -2.15. The molecular weight excluding hydrogens is 374 g/mol. The second-order valence-electron chi connectivity index (χ2n) is 5.53. The summed E-state index contributed by atoms with van der Waals surface area (Å²) < 4.78 is 11.8. The number of hydrogen-bond donors (Lipinski definition) is 0. The van der Waals surface area contributed by atoms with E-state index < -0.39 is 0 Å². The van der Waals surface area contributed by atoms with Gasteiger partial charge in [-0.3, -0.25) is 4.79 Å². The summed E-state index contributed by atoms with van der Waals surface area (Å²) >= 11 is 3.44. The molecular formula is C17H18BrN3O3. The minimum atomic E-state index is -0.0676. The first-order chi connectivity index (χ1) is 11.7. The number of carbonyl (C=O) groups is 1. The molecule has 6 nitrogen and oxygen atoms in total. The van der Waals surface area contributed by atoms with Gasteiger partial charge in [0.1, 0.15) is 18.2 Å². The molecule has 1 saturated heterocycles. The lowest BCUT2D eigenvalue weighted by molar-refractivity contribution is 0.0526. The van der Waals surface area contributed by atoms with Crippen molar-refractivity contribution in [2.24, 2.45) is 0 Å². The van der Waals surface area contributed by atoms with Gasteiger partial charge >= 0.3 is 0 Å². The Morgan fingerprint density at radius 3 is 3.00 bits per heavy atom. The Labute approximate surface area is 148 Å². The SMILES string of the molecule is COc1ccc(Br)c(C(=O)N2CCC[C@@H](Oc3ccncn3)C2)c1. The normalized spacial score (nSPS) is 17.4. The number of amides is 1. The van der Waals surface area contributed by atoms with Gasteiger partial charge in [0.25, 0.3) is 5.91 Å². The number of rotatable bonds is 4. The molecule has 0 N–H and O–H groups in total. The minimum Gasteiger partial charge on any atom is -0.497 e. The van der Waals surface area contributed by atoms with E-state index >= 15 is 0 Å². The van der Waals surface area contributed by atoms with Gasteiger partial charge in [-0.15, -0.1) is 0 Å². The van der Waals surface area contributed by atoms with Gasteiger partial charge in [0, 0.05) is 23.3 Å². The van der Waals surface area contributed by atoms with Crippen LogP contribution in [0.25, 0.3) is 0 Å². The molecule has 3 rings (SSSR count). The van der Waals surface area contributed by atoms with Gasteiger partial charge in [-0.1, -0.05) is 0 Å². The molecule has 1 fully saturated rings. The van der Waals surface area contributed by atoms with Crippen LogP contribution in [0.15, 0.2) is 41.3 Å². The summed E-state index contributed by atoms with van der Waals surface area (Å²) in [5.74, 6) is 1.16. The van der Waals surface area contributed by atoms with E-state index in [4.69, 9.17) is 9.47 Å². The molecule has 2 aromatic rings. The van der Waals surface area contributed by atoms with Crippen molar-refractivity contribution in [3.05, 3.63) is 46.8 Å². The summed E-state index contributed by atoms with van der Waals surface area (Å²) in [5, 5.41) is 0. The summed E-state index contributed by atoms with van der Waals surface area (Å²) in [6.07, 6.45) is 4.81. The second-order valence-corrected chi connectivity index (χ2v) is 6.38. The number of piperidine rings is 1. The average molecular weight is 392 g/mol. The lowest BCUT2D eigenvalue weighted by Gasteiger charge is -2.32. The molecule has 1 aliphatic heterocycles. The van der Waals surface area contributed by atoms with Gasteiger partial charge < -0.3 is 14.4 Å². The minimum absolute atomic E-state index is 0.0308. The fourth-order valence-corrected chi connectivity index (χ4v) is 3.12. The zero-order valence-corrected chi connectivity index (χ0v) is 14.9. The average Bonchev–Trinajstić information content (AvgIpc) is 2.63. The standard InChI is InChI=1S/C17H18BrN3O3/c1-23-12-4-5-15(18)14(9-12)17(22)21-8-2-3-13(10-21)24-16-6-7-19-11-20-16/h4-7,9,11,13H,2-3,8,10H2,1H3/t13-/m1/s1. The molecule has 2 heterocycles. The molecule has 126 valence electrons. The monoisotopic (exact) mass is 391 g/mol. The second kappa shape index (κ2) is 7.61. The van der Waals surface area contributed by atoms with Crippen LogP contribution in [-0.2, 0) is 0 Å². The number of halogens is 1. The third-order valence-corrected chi connectivity index (χ3v) is 4.60. The Balaban J connectivity index is 1.71. The van der Waals surface area contributed by atoms with E-state index in [9.17, 15) is 4.79 Å². The van der Waals surface area contributed by atoms with Crippen LogP contribution < -0.4 is 9.47 Å². The number of carbonyl (C=O) groups excluding carboxylic acids is 1. The highest BCUT2D eigenvalue weighted by molar-refractivity contribution is 9.10. The van der Waals surface area contributed by atoms with Crippen molar-refractivity contribution < 1.29 is 14.3 Å². The quantitative estimate of drug-likeness (QED) is 0.801. The smallest absolute Gasteiger partial charge is 0.255 e. The zero-order valence-electron chi connectivity index (χ0n) is 13.3. The molecule has 0 saturated carbocycles. The summed E-state index contributed by atoms with van der Waals surface area (Å²) in [7, 11) is 1.59. The maximum Gasteiger partial charge on any atom is 0.255 e. The van der Waals surface area contributed by atoms with Crippen LogP contribution in [0.1, 0.15) is 23.2 Å². The summed E-state index contributed by atoms with van der Waals surface area (Å²) in [5.41, 5.74) is 0.594. The summed E-state index contributed by atoms with van der Waals surface area (Å²) in [6.45, 7) is 1.25. The molecule has 7 heteroatoms.